The van der Waals surface area contributed by atoms with Gasteiger partial charge in [-0.2, -0.15) is 0 Å². The minimum Gasteiger partial charge on any atom is -0.488 e. The maximum Gasteiger partial charge on any atom is 0.335 e. The van der Waals surface area contributed by atoms with Gasteiger partial charge in [-0.1, -0.05) is 48.5 Å². The van der Waals surface area contributed by atoms with Crippen LogP contribution in [0.15, 0.2) is 54.6 Å². The van der Waals surface area contributed by atoms with Crippen LogP contribution in [0.2, 0.25) is 0 Å². The van der Waals surface area contributed by atoms with Crippen LogP contribution in [0.3, 0.4) is 0 Å². The third kappa shape index (κ3) is 4.53. The summed E-state index contributed by atoms with van der Waals surface area (Å²) in [6.07, 6.45) is -4.66. The third-order valence-corrected chi connectivity index (χ3v) is 6.44. The highest BCUT2D eigenvalue weighted by molar-refractivity contribution is 5.84. The van der Waals surface area contributed by atoms with Crippen LogP contribution in [0, 0.1) is 0 Å². The van der Waals surface area contributed by atoms with Crippen molar-refractivity contribution in [3.05, 3.63) is 71.3 Å². The molecule has 1 unspecified atom stereocenters. The van der Waals surface area contributed by atoms with Crippen molar-refractivity contribution in [2.24, 2.45) is 0 Å². The lowest BCUT2D eigenvalue weighted by atomic mass is 9.93. The summed E-state index contributed by atoms with van der Waals surface area (Å²) in [6, 6.07) is 16.0. The quantitative estimate of drug-likeness (QED) is 0.502. The lowest BCUT2D eigenvalue weighted by Gasteiger charge is -2.46. The van der Waals surface area contributed by atoms with E-state index >= 15 is 0 Å². The summed E-state index contributed by atoms with van der Waals surface area (Å²) in [7, 11) is 3.60. The molecule has 2 aliphatic rings. The molecule has 0 aromatic heterocycles. The predicted octanol–water partition coefficient (Wildman–Crippen LogP) is 1.37. The number of hydrogen-bond donors (Lipinski definition) is 4. The molecule has 1 saturated heterocycles. The zero-order valence-electron chi connectivity index (χ0n) is 18.7. The first-order valence-corrected chi connectivity index (χ1v) is 11.0. The van der Waals surface area contributed by atoms with Gasteiger partial charge >= 0.3 is 5.97 Å². The molecular formula is C25H30NO7+. The number of aliphatic hydroxyl groups excluding tert-OH is 3. The van der Waals surface area contributed by atoms with E-state index in [4.69, 9.17) is 9.47 Å². The second-order valence-corrected chi connectivity index (χ2v) is 9.11. The Kier molecular flexibility index (Phi) is 6.56. The van der Waals surface area contributed by atoms with Gasteiger partial charge in [-0.25, -0.2) is 4.79 Å². The number of rotatable bonds is 5. The van der Waals surface area contributed by atoms with Crippen molar-refractivity contribution in [2.45, 2.75) is 43.7 Å². The fourth-order valence-electron chi connectivity index (χ4n) is 4.56. The molecule has 0 aliphatic carbocycles. The van der Waals surface area contributed by atoms with Gasteiger partial charge in [0, 0.05) is 12.0 Å². The molecule has 4 rings (SSSR count). The lowest BCUT2D eigenvalue weighted by Crippen LogP contribution is -2.68. The van der Waals surface area contributed by atoms with E-state index in [9.17, 15) is 25.2 Å². The molecule has 0 spiro atoms. The molecule has 5 atom stereocenters. The van der Waals surface area contributed by atoms with Crippen LogP contribution in [0.5, 0.6) is 5.75 Å². The van der Waals surface area contributed by atoms with Crippen molar-refractivity contribution in [2.75, 3.05) is 20.6 Å². The molecule has 4 N–H and O–H groups in total. The molecule has 0 saturated carbocycles. The molecule has 2 heterocycles. The van der Waals surface area contributed by atoms with Gasteiger partial charge in [0.25, 0.3) is 0 Å². The Morgan fingerprint density at radius 2 is 1.67 bits per heavy atom. The normalized spacial score (nSPS) is 28.4. The molecule has 8 nitrogen and oxygen atoms in total. The summed E-state index contributed by atoms with van der Waals surface area (Å²) in [5, 5.41) is 40.0. The topological polar surface area (TPSA) is 116 Å². The highest BCUT2D eigenvalue weighted by Crippen LogP contribution is 2.37. The van der Waals surface area contributed by atoms with E-state index in [1.807, 2.05) is 42.5 Å². The maximum absolute atomic E-state index is 11.5. The van der Waals surface area contributed by atoms with E-state index in [1.165, 1.54) is 0 Å². The zero-order valence-corrected chi connectivity index (χ0v) is 18.7. The molecule has 0 amide bonds. The Morgan fingerprint density at radius 3 is 2.39 bits per heavy atom. The number of fused-ring (bicyclic) bond motifs is 2. The average Bonchev–Trinajstić information content (AvgIpc) is 2.94. The number of likely N-dealkylation sites (N-methyl/N-ethyl adjacent to an activating group) is 1. The molecule has 2 aromatic rings. The predicted molar refractivity (Wildman–Crippen MR) is 120 cm³/mol. The van der Waals surface area contributed by atoms with Crippen LogP contribution in [-0.4, -0.2) is 82.2 Å². The van der Waals surface area contributed by atoms with E-state index in [2.05, 4.69) is 12.1 Å². The molecule has 0 radical (unpaired) electrons. The number of para-hydroxylation sites is 1. The van der Waals surface area contributed by atoms with Crippen molar-refractivity contribution in [3.63, 3.8) is 0 Å². The van der Waals surface area contributed by atoms with Gasteiger partial charge in [0.15, 0.2) is 12.2 Å². The molecule has 8 heteroatoms. The van der Waals surface area contributed by atoms with Crippen molar-refractivity contribution < 1.29 is 39.2 Å². The van der Waals surface area contributed by atoms with E-state index < -0.39 is 36.6 Å². The van der Waals surface area contributed by atoms with Crippen molar-refractivity contribution >= 4 is 11.5 Å². The van der Waals surface area contributed by atoms with Crippen LogP contribution >= 0.6 is 0 Å². The van der Waals surface area contributed by atoms with E-state index in [0.717, 1.165) is 28.0 Å². The van der Waals surface area contributed by atoms with E-state index in [0.29, 0.717) is 19.6 Å². The molecule has 2 aliphatic heterocycles. The summed E-state index contributed by atoms with van der Waals surface area (Å²) >= 11 is 0. The van der Waals surface area contributed by atoms with Gasteiger partial charge in [-0.15, -0.1) is 0 Å². The monoisotopic (exact) mass is 456 g/mol. The van der Waals surface area contributed by atoms with Gasteiger partial charge in [0.2, 0.25) is 6.23 Å². The number of carbonyl (C=O) groups is 1. The van der Waals surface area contributed by atoms with Gasteiger partial charge < -0.3 is 34.4 Å². The van der Waals surface area contributed by atoms with Gasteiger partial charge in [-0.05, 0) is 22.8 Å². The molecule has 2 aromatic carbocycles. The average molecular weight is 457 g/mol. The second kappa shape index (κ2) is 9.24. The smallest absolute Gasteiger partial charge is 0.335 e. The SMILES string of the molecule is C[N+](C)(CC/C=C1\c2ccccc2COc2ccccc21)[C@@H]1OC(C(=O)O)[C@@H](O)[C@@H](O)[C@H]1O. The maximum atomic E-state index is 11.5. The number of carboxylic acid groups (broad SMARTS) is 1. The zero-order chi connectivity index (χ0) is 23.8. The van der Waals surface area contributed by atoms with Crippen LogP contribution in [0.1, 0.15) is 23.1 Å². The fraction of sp³-hybridized carbons (Fsp3) is 0.400. The molecule has 33 heavy (non-hydrogen) atoms. The van der Waals surface area contributed by atoms with Crippen molar-refractivity contribution in [1.29, 1.82) is 0 Å². The largest absolute Gasteiger partial charge is 0.488 e. The lowest BCUT2D eigenvalue weighted by molar-refractivity contribution is -0.944. The number of benzene rings is 2. The summed E-state index contributed by atoms with van der Waals surface area (Å²) in [6.45, 7) is 0.969. The van der Waals surface area contributed by atoms with Crippen molar-refractivity contribution in [1.82, 2.24) is 0 Å². The minimum absolute atomic E-state index is 0.0955. The first-order valence-electron chi connectivity index (χ1n) is 11.0. The fourth-order valence-corrected chi connectivity index (χ4v) is 4.56. The van der Waals surface area contributed by atoms with Gasteiger partial charge in [-0.3, -0.25) is 0 Å². The Bertz CT molecular complexity index is 1000. The van der Waals surface area contributed by atoms with Crippen LogP contribution in [0.25, 0.3) is 5.57 Å². The molecule has 1 fully saturated rings. The Hall–Kier alpha value is -2.75. The number of quaternary nitrogens is 1. The van der Waals surface area contributed by atoms with Crippen LogP contribution in [-0.2, 0) is 16.1 Å². The number of carboxylic acids is 1. The highest BCUT2D eigenvalue weighted by atomic mass is 16.6. The number of nitrogens with zero attached hydrogens (tertiary/aromatic N) is 1. The summed E-state index contributed by atoms with van der Waals surface area (Å²) in [5.74, 6) is -0.576. The standard InChI is InChI=1S/C25H29NO7/c1-26(2,24-22(29)20(27)21(28)23(33-24)25(30)31)13-7-11-17-16-9-4-3-8-15(16)14-32-19-12-6-5-10-18(17)19/h3-6,8-12,20-24,27-29H,7,13-14H2,1-2H3/p+1/b17-11+/t20-,21+,22-,23?,24-/m1/s1. The Balaban J connectivity index is 1.59. The van der Waals surface area contributed by atoms with Crippen molar-refractivity contribution in [3.8, 4) is 5.75 Å². The second-order valence-electron chi connectivity index (χ2n) is 9.11. The first kappa shape index (κ1) is 23.4. The molecule has 0 bridgehead atoms. The summed E-state index contributed by atoms with van der Waals surface area (Å²) in [5.41, 5.74) is 4.21. The number of ether oxygens (including phenoxy) is 2. The highest BCUT2D eigenvalue weighted by Gasteiger charge is 2.52. The number of aliphatic hydroxyl groups is 3. The Morgan fingerprint density at radius 1 is 1.00 bits per heavy atom. The third-order valence-electron chi connectivity index (χ3n) is 6.44. The summed E-state index contributed by atoms with van der Waals surface area (Å²) in [4.78, 5) is 11.5. The van der Waals surface area contributed by atoms with E-state index in [-0.39, 0.29) is 4.48 Å². The Labute approximate surface area is 192 Å². The first-order chi connectivity index (χ1) is 15.7. The van der Waals surface area contributed by atoms with Gasteiger partial charge in [0.05, 0.1) is 20.6 Å². The molecule has 176 valence electrons. The van der Waals surface area contributed by atoms with Gasteiger partial charge in [0.1, 0.15) is 24.6 Å². The number of hydrogen-bond acceptors (Lipinski definition) is 6. The van der Waals surface area contributed by atoms with E-state index in [1.54, 1.807) is 14.1 Å². The number of aliphatic carboxylic acids is 1. The van der Waals surface area contributed by atoms with Crippen LogP contribution in [0.4, 0.5) is 0 Å². The molecular weight excluding hydrogens is 426 g/mol. The minimum atomic E-state index is -1.70. The van der Waals surface area contributed by atoms with Crippen LogP contribution < -0.4 is 4.74 Å². The summed E-state index contributed by atoms with van der Waals surface area (Å²) < 4.78 is 11.7.